The number of benzene rings is 1. The monoisotopic (exact) mass is 524 g/mol. The highest BCUT2D eigenvalue weighted by atomic mass is 35.5. The Morgan fingerprint density at radius 2 is 2.06 bits per heavy atom. The summed E-state index contributed by atoms with van der Waals surface area (Å²) >= 11 is 7.88. The highest BCUT2D eigenvalue weighted by Gasteiger charge is 2.42. The molecule has 3 heterocycles. The summed E-state index contributed by atoms with van der Waals surface area (Å²) in [6.07, 6.45) is 2.56. The summed E-state index contributed by atoms with van der Waals surface area (Å²) < 4.78 is 38.9. The molecule has 2 saturated heterocycles. The maximum absolute atomic E-state index is 14.0. The van der Waals surface area contributed by atoms with E-state index in [4.69, 9.17) is 21.6 Å². The third-order valence-corrected chi connectivity index (χ3v) is 7.76. The Hall–Kier alpha value is -2.39. The van der Waals surface area contributed by atoms with Crippen molar-refractivity contribution >= 4 is 35.1 Å². The zero-order valence-electron chi connectivity index (χ0n) is 19.3. The van der Waals surface area contributed by atoms with Crippen molar-refractivity contribution in [2.24, 2.45) is 5.92 Å². The molecule has 4 rings (SSSR count). The number of nitrogens with zero attached hydrogens (tertiary/aromatic N) is 5. The first-order valence-corrected chi connectivity index (χ1v) is 12.5. The fourth-order valence-corrected chi connectivity index (χ4v) is 5.30. The normalized spacial score (nSPS) is 20.8. The van der Waals surface area contributed by atoms with E-state index in [1.165, 1.54) is 10.9 Å². The van der Waals surface area contributed by atoms with Gasteiger partial charge in [0.15, 0.2) is 0 Å². The summed E-state index contributed by atoms with van der Waals surface area (Å²) in [5.41, 5.74) is 1.43. The number of halogens is 3. The molecule has 1 unspecified atom stereocenters. The second-order valence-corrected chi connectivity index (χ2v) is 10.3. The van der Waals surface area contributed by atoms with Gasteiger partial charge >= 0.3 is 0 Å². The number of nitriles is 1. The fourth-order valence-electron chi connectivity index (χ4n) is 4.16. The van der Waals surface area contributed by atoms with Gasteiger partial charge in [-0.15, -0.1) is 0 Å². The third-order valence-electron chi connectivity index (χ3n) is 6.35. The molecule has 0 radical (unpaired) electrons. The molecule has 1 aromatic carbocycles. The van der Waals surface area contributed by atoms with Gasteiger partial charge in [0.2, 0.25) is 0 Å². The average Bonchev–Trinajstić information content (AvgIpc) is 2.86. The molecule has 2 aromatic rings. The summed E-state index contributed by atoms with van der Waals surface area (Å²) in [7, 11) is 1.96. The van der Waals surface area contributed by atoms with E-state index in [1.807, 2.05) is 23.5 Å². The van der Waals surface area contributed by atoms with Gasteiger partial charge < -0.3 is 14.4 Å². The van der Waals surface area contributed by atoms with Gasteiger partial charge in [-0.1, -0.05) is 11.6 Å². The van der Waals surface area contributed by atoms with E-state index >= 15 is 0 Å². The van der Waals surface area contributed by atoms with Crippen molar-refractivity contribution in [1.29, 1.82) is 5.26 Å². The number of alkyl halides is 2. The van der Waals surface area contributed by atoms with E-state index in [0.29, 0.717) is 5.56 Å². The Morgan fingerprint density at radius 3 is 2.71 bits per heavy atom. The summed E-state index contributed by atoms with van der Waals surface area (Å²) in [6, 6.07) is 9.40. The van der Waals surface area contributed by atoms with Crippen LogP contribution in [0, 0.1) is 17.2 Å². The van der Waals surface area contributed by atoms with Gasteiger partial charge in [0.25, 0.3) is 11.5 Å². The standard InChI is InChI=1S/C23H27ClF2N6O2S/c1-30(18-4-2-16(12-27)3-5-18)35-31-9-6-19(7-10-31)32-22(33)21(24)20(14-29-32)28-13-17-15-34-11-8-23(17,25)26/h2-5,14,17,19,28H,6-11,13,15H2,1H3. The Bertz CT molecular complexity index is 1120. The highest BCUT2D eigenvalue weighted by Crippen LogP contribution is 2.33. The molecule has 0 saturated carbocycles. The molecule has 2 aliphatic rings. The van der Waals surface area contributed by atoms with Crippen LogP contribution in [0.5, 0.6) is 0 Å². The van der Waals surface area contributed by atoms with Gasteiger partial charge in [0.1, 0.15) is 5.02 Å². The maximum atomic E-state index is 14.0. The number of rotatable bonds is 7. The Balaban J connectivity index is 1.32. The minimum atomic E-state index is -2.82. The quantitative estimate of drug-likeness (QED) is 0.540. The number of anilines is 2. The molecule has 35 heavy (non-hydrogen) atoms. The second kappa shape index (κ2) is 11.1. The SMILES string of the molecule is CN(SN1CCC(n2ncc(NCC3COCCC3(F)F)c(Cl)c2=O)CC1)c1ccc(C#N)cc1. The van der Waals surface area contributed by atoms with Crippen LogP contribution in [0.2, 0.25) is 5.02 Å². The molecule has 8 nitrogen and oxygen atoms in total. The van der Waals surface area contributed by atoms with E-state index in [0.717, 1.165) is 31.6 Å². The maximum Gasteiger partial charge on any atom is 0.287 e. The predicted octanol–water partition coefficient (Wildman–Crippen LogP) is 4.19. The number of hydrogen-bond donors (Lipinski definition) is 1. The molecule has 0 spiro atoms. The fraction of sp³-hybridized carbons (Fsp3) is 0.522. The molecule has 188 valence electrons. The van der Waals surface area contributed by atoms with Crippen molar-refractivity contribution in [2.45, 2.75) is 31.2 Å². The van der Waals surface area contributed by atoms with E-state index < -0.39 is 17.4 Å². The lowest BCUT2D eigenvalue weighted by atomic mass is 9.97. The topological polar surface area (TPSA) is 86.4 Å². The first-order chi connectivity index (χ1) is 16.8. The third kappa shape index (κ3) is 6.06. The van der Waals surface area contributed by atoms with Crippen molar-refractivity contribution in [3.8, 4) is 6.07 Å². The van der Waals surface area contributed by atoms with Gasteiger partial charge in [-0.25, -0.2) is 17.8 Å². The molecule has 1 atom stereocenters. The van der Waals surface area contributed by atoms with Crippen molar-refractivity contribution in [3.05, 3.63) is 51.4 Å². The zero-order chi connectivity index (χ0) is 25.0. The molecule has 0 bridgehead atoms. The van der Waals surface area contributed by atoms with E-state index in [-0.39, 0.29) is 42.9 Å². The first kappa shape index (κ1) is 25.7. The Morgan fingerprint density at radius 1 is 1.34 bits per heavy atom. The van der Waals surface area contributed by atoms with Crippen LogP contribution in [0.4, 0.5) is 20.2 Å². The summed E-state index contributed by atoms with van der Waals surface area (Å²) in [6.45, 7) is 1.45. The number of piperidine rings is 1. The first-order valence-electron chi connectivity index (χ1n) is 11.4. The zero-order valence-corrected chi connectivity index (χ0v) is 20.9. The molecule has 2 fully saturated rings. The number of nitrogens with one attached hydrogen (secondary N) is 1. The van der Waals surface area contributed by atoms with Crippen LogP contribution in [0.1, 0.15) is 30.9 Å². The second-order valence-electron chi connectivity index (χ2n) is 8.68. The van der Waals surface area contributed by atoms with E-state index in [1.54, 1.807) is 24.3 Å². The van der Waals surface area contributed by atoms with Gasteiger partial charge in [0.05, 0.1) is 48.7 Å². The van der Waals surface area contributed by atoms with Crippen molar-refractivity contribution in [3.63, 3.8) is 0 Å². The van der Waals surface area contributed by atoms with Crippen molar-refractivity contribution < 1.29 is 13.5 Å². The lowest BCUT2D eigenvalue weighted by Gasteiger charge is -2.34. The minimum absolute atomic E-state index is 0.0426. The van der Waals surface area contributed by atoms with Gasteiger partial charge in [0, 0.05) is 50.9 Å². The molecule has 12 heteroatoms. The van der Waals surface area contributed by atoms with Gasteiger partial charge in [-0.2, -0.15) is 10.4 Å². The van der Waals surface area contributed by atoms with Crippen LogP contribution in [0.25, 0.3) is 0 Å². The summed E-state index contributed by atoms with van der Waals surface area (Å²) in [4.78, 5) is 12.9. The Kier molecular flexibility index (Phi) is 8.16. The van der Waals surface area contributed by atoms with Crippen molar-refractivity contribution in [2.75, 3.05) is 49.5 Å². The van der Waals surface area contributed by atoms with Crippen molar-refractivity contribution in [1.82, 2.24) is 14.1 Å². The minimum Gasteiger partial charge on any atom is -0.382 e. The van der Waals surface area contributed by atoms with E-state index in [9.17, 15) is 13.6 Å². The van der Waals surface area contributed by atoms with Crippen LogP contribution in [-0.4, -0.2) is 59.9 Å². The van der Waals surface area contributed by atoms with Crippen LogP contribution < -0.4 is 15.2 Å². The number of hydrogen-bond acceptors (Lipinski definition) is 8. The molecular weight excluding hydrogens is 498 g/mol. The Labute approximate surface area is 212 Å². The smallest absolute Gasteiger partial charge is 0.287 e. The molecule has 1 N–H and O–H groups in total. The highest BCUT2D eigenvalue weighted by molar-refractivity contribution is 7.98. The molecular formula is C23H27ClF2N6O2S. The van der Waals surface area contributed by atoms with Crippen LogP contribution in [0.3, 0.4) is 0 Å². The molecule has 2 aliphatic heterocycles. The molecule has 0 aliphatic carbocycles. The van der Waals surface area contributed by atoms with Crippen LogP contribution >= 0.6 is 23.7 Å². The largest absolute Gasteiger partial charge is 0.382 e. The van der Waals surface area contributed by atoms with Gasteiger partial charge in [-0.05, 0) is 37.1 Å². The molecule has 0 amide bonds. The predicted molar refractivity (Wildman–Crippen MR) is 133 cm³/mol. The number of aromatic nitrogens is 2. The average molecular weight is 525 g/mol. The molecule has 1 aromatic heterocycles. The summed E-state index contributed by atoms with van der Waals surface area (Å²) in [5, 5.41) is 16.1. The lowest BCUT2D eigenvalue weighted by molar-refractivity contribution is -0.136. The van der Waals surface area contributed by atoms with Crippen LogP contribution in [0.15, 0.2) is 35.3 Å². The van der Waals surface area contributed by atoms with E-state index in [2.05, 4.69) is 20.8 Å². The lowest BCUT2D eigenvalue weighted by Crippen LogP contribution is -2.42. The van der Waals surface area contributed by atoms with Gasteiger partial charge in [-0.3, -0.25) is 4.79 Å². The summed E-state index contributed by atoms with van der Waals surface area (Å²) in [5.74, 6) is -3.81. The number of ether oxygens (including phenoxy) is 1. The van der Waals surface area contributed by atoms with Crippen LogP contribution in [-0.2, 0) is 4.74 Å².